The molecule has 1 aromatic heterocycles. The third kappa shape index (κ3) is 3.22. The van der Waals surface area contributed by atoms with Gasteiger partial charge in [-0.2, -0.15) is 0 Å². The highest BCUT2D eigenvalue weighted by Crippen LogP contribution is 2.46. The van der Waals surface area contributed by atoms with Gasteiger partial charge in [0, 0.05) is 26.6 Å². The highest BCUT2D eigenvalue weighted by Gasteiger charge is 2.20. The lowest BCUT2D eigenvalue weighted by Crippen LogP contribution is -1.98. The average Bonchev–Trinajstić information content (AvgIpc) is 2.27. The van der Waals surface area contributed by atoms with Crippen LogP contribution < -0.4 is 0 Å². The number of nitrogens with zero attached hydrogens (tertiary/aromatic N) is 1. The third-order valence-electron chi connectivity index (χ3n) is 1.98. The van der Waals surface area contributed by atoms with Crippen LogP contribution >= 0.6 is 7.60 Å². The summed E-state index contributed by atoms with van der Waals surface area (Å²) in [5, 5.41) is 0. The van der Waals surface area contributed by atoms with Gasteiger partial charge in [0.25, 0.3) is 0 Å². The molecule has 1 heterocycles. The molecular weight excluding hydrogens is 201 g/mol. The van der Waals surface area contributed by atoms with E-state index in [2.05, 4.69) is 4.98 Å². The lowest BCUT2D eigenvalue weighted by Gasteiger charge is -2.12. The minimum atomic E-state index is -2.87. The number of hydrogen-bond acceptors (Lipinski definition) is 4. The molecule has 0 aliphatic rings. The molecule has 0 atom stereocenters. The predicted molar refractivity (Wildman–Crippen MR) is 54.4 cm³/mol. The Balaban J connectivity index is 2.52. The molecule has 0 fully saturated rings. The van der Waals surface area contributed by atoms with Gasteiger partial charge in [-0.05, 0) is 24.1 Å². The molecule has 78 valence electrons. The summed E-state index contributed by atoms with van der Waals surface area (Å²) in [4.78, 5) is 3.90. The van der Waals surface area contributed by atoms with Crippen LogP contribution in [0, 0.1) is 0 Å². The van der Waals surface area contributed by atoms with Crippen LogP contribution in [0.25, 0.3) is 0 Å². The Morgan fingerprint density at radius 1 is 1.29 bits per heavy atom. The summed E-state index contributed by atoms with van der Waals surface area (Å²) in [7, 11) is -0.0677. The van der Waals surface area contributed by atoms with Gasteiger partial charge in [0.2, 0.25) is 0 Å². The number of aromatic nitrogens is 1. The smallest absolute Gasteiger partial charge is 0.312 e. The van der Waals surface area contributed by atoms with Crippen molar-refractivity contribution in [1.29, 1.82) is 0 Å². The van der Waals surface area contributed by atoms with Crippen molar-refractivity contribution in [3.8, 4) is 0 Å². The summed E-state index contributed by atoms with van der Waals surface area (Å²) >= 11 is 0. The monoisotopic (exact) mass is 215 g/mol. The summed E-state index contributed by atoms with van der Waals surface area (Å²) in [6.07, 6.45) is 4.48. The van der Waals surface area contributed by atoms with E-state index in [1.54, 1.807) is 12.4 Å². The molecule has 0 aromatic carbocycles. The predicted octanol–water partition coefficient (Wildman–Crippen LogP) is 2.11. The quantitative estimate of drug-likeness (QED) is 0.706. The van der Waals surface area contributed by atoms with Crippen LogP contribution in [0.15, 0.2) is 24.5 Å². The molecule has 0 aliphatic carbocycles. The molecule has 4 nitrogen and oxygen atoms in total. The van der Waals surface area contributed by atoms with Crippen molar-refractivity contribution in [3.05, 3.63) is 30.1 Å². The molecule has 5 heteroatoms. The van der Waals surface area contributed by atoms with Gasteiger partial charge in [-0.15, -0.1) is 0 Å². The summed E-state index contributed by atoms with van der Waals surface area (Å²) in [6, 6.07) is 3.77. The van der Waals surface area contributed by atoms with Gasteiger partial charge in [-0.25, -0.2) is 0 Å². The van der Waals surface area contributed by atoms with Gasteiger partial charge in [-0.3, -0.25) is 9.55 Å². The van der Waals surface area contributed by atoms with Crippen LogP contribution in [0.5, 0.6) is 0 Å². The minimum Gasteiger partial charge on any atom is -0.312 e. The minimum absolute atomic E-state index is 0.393. The average molecular weight is 215 g/mol. The second-order valence-electron chi connectivity index (χ2n) is 2.81. The molecule has 0 saturated carbocycles. The van der Waals surface area contributed by atoms with Crippen LogP contribution in [0.1, 0.15) is 5.56 Å². The van der Waals surface area contributed by atoms with Gasteiger partial charge in [0.1, 0.15) is 0 Å². The van der Waals surface area contributed by atoms with Crippen molar-refractivity contribution in [2.24, 2.45) is 0 Å². The van der Waals surface area contributed by atoms with Crippen LogP contribution in [-0.2, 0) is 20.0 Å². The lowest BCUT2D eigenvalue weighted by atomic mass is 10.2. The van der Waals surface area contributed by atoms with Crippen molar-refractivity contribution in [2.75, 3.05) is 20.4 Å². The van der Waals surface area contributed by atoms with Crippen molar-refractivity contribution < 1.29 is 13.6 Å². The highest BCUT2D eigenvalue weighted by molar-refractivity contribution is 7.53. The number of pyridine rings is 1. The first kappa shape index (κ1) is 11.4. The van der Waals surface area contributed by atoms with E-state index in [4.69, 9.17) is 9.05 Å². The van der Waals surface area contributed by atoms with Gasteiger partial charge in [0.05, 0.1) is 6.16 Å². The molecule has 0 N–H and O–H groups in total. The van der Waals surface area contributed by atoms with Crippen molar-refractivity contribution >= 4 is 7.60 Å². The number of aryl methyl sites for hydroxylation is 1. The van der Waals surface area contributed by atoms with Gasteiger partial charge < -0.3 is 9.05 Å². The van der Waals surface area contributed by atoms with E-state index in [1.807, 2.05) is 12.1 Å². The zero-order chi connectivity index (χ0) is 10.4. The Labute approximate surface area is 83.8 Å². The molecule has 14 heavy (non-hydrogen) atoms. The summed E-state index contributed by atoms with van der Waals surface area (Å²) in [6.45, 7) is 0. The fourth-order valence-electron chi connectivity index (χ4n) is 1.07. The Hall–Kier alpha value is -0.700. The van der Waals surface area contributed by atoms with E-state index >= 15 is 0 Å². The molecule has 1 rings (SSSR count). The fourth-order valence-corrected chi connectivity index (χ4v) is 2.12. The van der Waals surface area contributed by atoms with E-state index in [1.165, 1.54) is 14.2 Å². The summed E-state index contributed by atoms with van der Waals surface area (Å²) in [5.74, 6) is 0. The lowest BCUT2D eigenvalue weighted by molar-refractivity contribution is 0.276. The topological polar surface area (TPSA) is 48.4 Å². The molecular formula is C9H14NO3P. The van der Waals surface area contributed by atoms with E-state index in [0.717, 1.165) is 5.56 Å². The molecule has 0 radical (unpaired) electrons. The van der Waals surface area contributed by atoms with Gasteiger partial charge >= 0.3 is 7.60 Å². The summed E-state index contributed by atoms with van der Waals surface area (Å²) in [5.41, 5.74) is 1.08. The van der Waals surface area contributed by atoms with E-state index in [-0.39, 0.29) is 0 Å². The Morgan fingerprint density at radius 2 is 1.86 bits per heavy atom. The zero-order valence-corrected chi connectivity index (χ0v) is 9.24. The second kappa shape index (κ2) is 5.25. The standard InChI is InChI=1S/C9H14NO3P/c1-12-14(11,13-2)8-5-9-3-6-10-7-4-9/h3-4,6-7H,5,8H2,1-2H3. The number of hydrogen-bond donors (Lipinski definition) is 0. The highest BCUT2D eigenvalue weighted by atomic mass is 31.2. The Kier molecular flexibility index (Phi) is 4.26. The van der Waals surface area contributed by atoms with Crippen LogP contribution in [0.3, 0.4) is 0 Å². The molecule has 0 spiro atoms. The second-order valence-corrected chi connectivity index (χ2v) is 5.20. The van der Waals surface area contributed by atoms with E-state index in [9.17, 15) is 4.57 Å². The molecule has 0 unspecified atom stereocenters. The first-order chi connectivity index (χ1) is 6.70. The molecule has 0 amide bonds. The van der Waals surface area contributed by atoms with Crippen molar-refractivity contribution in [2.45, 2.75) is 6.42 Å². The maximum absolute atomic E-state index is 11.7. The van der Waals surface area contributed by atoms with Gasteiger partial charge in [0.15, 0.2) is 0 Å². The molecule has 0 bridgehead atoms. The zero-order valence-electron chi connectivity index (χ0n) is 8.34. The first-order valence-corrected chi connectivity index (χ1v) is 6.02. The van der Waals surface area contributed by atoms with Crippen LogP contribution in [0.4, 0.5) is 0 Å². The van der Waals surface area contributed by atoms with E-state index < -0.39 is 7.60 Å². The van der Waals surface area contributed by atoms with Crippen molar-refractivity contribution in [3.63, 3.8) is 0 Å². The maximum atomic E-state index is 11.7. The van der Waals surface area contributed by atoms with Gasteiger partial charge in [-0.1, -0.05) is 0 Å². The largest absolute Gasteiger partial charge is 0.330 e. The normalized spacial score (nSPS) is 11.6. The molecule has 1 aromatic rings. The Morgan fingerprint density at radius 3 is 2.36 bits per heavy atom. The maximum Gasteiger partial charge on any atom is 0.330 e. The van der Waals surface area contributed by atoms with Crippen LogP contribution in [0.2, 0.25) is 0 Å². The first-order valence-electron chi connectivity index (χ1n) is 4.29. The summed E-state index contributed by atoms with van der Waals surface area (Å²) < 4.78 is 21.3. The SMILES string of the molecule is COP(=O)(CCc1ccncc1)OC. The molecule has 0 saturated heterocycles. The van der Waals surface area contributed by atoms with E-state index in [0.29, 0.717) is 12.6 Å². The van der Waals surface area contributed by atoms with Crippen molar-refractivity contribution in [1.82, 2.24) is 4.98 Å². The van der Waals surface area contributed by atoms with Crippen LogP contribution in [-0.4, -0.2) is 25.4 Å². The number of rotatable bonds is 5. The third-order valence-corrected chi connectivity index (χ3v) is 3.86. The fraction of sp³-hybridized carbons (Fsp3) is 0.444. The Bertz CT molecular complexity index is 307. The molecule has 0 aliphatic heterocycles.